The van der Waals surface area contributed by atoms with Crippen LogP contribution < -0.4 is 10.6 Å². The van der Waals surface area contributed by atoms with Crippen molar-refractivity contribution in [1.29, 1.82) is 0 Å². The fourth-order valence-electron chi connectivity index (χ4n) is 1.90. The van der Waals surface area contributed by atoms with E-state index in [4.69, 9.17) is 0 Å². The van der Waals surface area contributed by atoms with Crippen LogP contribution in [0.3, 0.4) is 0 Å². The lowest BCUT2D eigenvalue weighted by atomic mass is 10.1. The minimum absolute atomic E-state index is 0.864. The fourth-order valence-corrected chi connectivity index (χ4v) is 1.90. The van der Waals surface area contributed by atoms with Crippen molar-refractivity contribution in [2.75, 3.05) is 12.0 Å². The van der Waals surface area contributed by atoms with E-state index in [0.717, 1.165) is 13.2 Å². The summed E-state index contributed by atoms with van der Waals surface area (Å²) in [5.74, 6) is 0. The summed E-state index contributed by atoms with van der Waals surface area (Å²) in [7, 11) is 0. The van der Waals surface area contributed by atoms with Gasteiger partial charge in [-0.2, -0.15) is 0 Å². The quantitative estimate of drug-likeness (QED) is 0.566. The van der Waals surface area contributed by atoms with Gasteiger partial charge in [0.2, 0.25) is 0 Å². The van der Waals surface area contributed by atoms with Crippen LogP contribution in [0.1, 0.15) is 5.56 Å². The van der Waals surface area contributed by atoms with Crippen LogP contribution in [0, 0.1) is 0 Å². The van der Waals surface area contributed by atoms with Crippen LogP contribution in [0.5, 0.6) is 0 Å². The van der Waals surface area contributed by atoms with Gasteiger partial charge in [-0.1, -0.05) is 6.07 Å². The van der Waals surface area contributed by atoms with Gasteiger partial charge in [-0.25, -0.2) is 0 Å². The summed E-state index contributed by atoms with van der Waals surface area (Å²) in [6.45, 7) is 1.82. The van der Waals surface area contributed by atoms with E-state index >= 15 is 0 Å². The summed E-state index contributed by atoms with van der Waals surface area (Å²) in [6.07, 6.45) is 4.09. The SMILES string of the molecule is c1cc2c[nH]cc2c2c1NCNC2. The van der Waals surface area contributed by atoms with E-state index in [1.54, 1.807) is 0 Å². The van der Waals surface area contributed by atoms with E-state index in [1.165, 1.54) is 22.0 Å². The van der Waals surface area contributed by atoms with Crippen molar-refractivity contribution in [2.24, 2.45) is 0 Å². The number of aromatic nitrogens is 1. The Bertz CT molecular complexity index is 444. The van der Waals surface area contributed by atoms with Gasteiger partial charge in [-0.15, -0.1) is 0 Å². The molecule has 1 aliphatic heterocycles. The van der Waals surface area contributed by atoms with Crippen LogP contribution >= 0.6 is 0 Å². The minimum Gasteiger partial charge on any atom is -0.372 e. The van der Waals surface area contributed by atoms with Crippen LogP contribution in [0.2, 0.25) is 0 Å². The Kier molecular flexibility index (Phi) is 1.34. The van der Waals surface area contributed by atoms with Gasteiger partial charge in [0.05, 0.1) is 6.67 Å². The molecule has 0 amide bonds. The molecule has 3 rings (SSSR count). The molecule has 0 aliphatic carbocycles. The molecule has 0 bridgehead atoms. The highest BCUT2D eigenvalue weighted by atomic mass is 15.1. The maximum absolute atomic E-state index is 3.32. The Morgan fingerprint density at radius 3 is 3.15 bits per heavy atom. The number of aromatic amines is 1. The highest BCUT2D eigenvalue weighted by Gasteiger charge is 2.10. The maximum Gasteiger partial charge on any atom is 0.0655 e. The smallest absolute Gasteiger partial charge is 0.0655 e. The predicted octanol–water partition coefficient (Wildman–Crippen LogP) is 1.64. The molecular weight excluding hydrogens is 162 g/mol. The van der Waals surface area contributed by atoms with Crippen molar-refractivity contribution in [3.8, 4) is 0 Å². The van der Waals surface area contributed by atoms with Crippen molar-refractivity contribution in [2.45, 2.75) is 6.54 Å². The Morgan fingerprint density at radius 2 is 2.15 bits per heavy atom. The second-order valence-corrected chi connectivity index (χ2v) is 3.33. The van der Waals surface area contributed by atoms with Crippen LogP contribution in [0.4, 0.5) is 5.69 Å². The summed E-state index contributed by atoms with van der Waals surface area (Å²) in [4.78, 5) is 3.13. The predicted molar refractivity (Wildman–Crippen MR) is 53.6 cm³/mol. The Morgan fingerprint density at radius 1 is 1.15 bits per heavy atom. The van der Waals surface area contributed by atoms with E-state index in [9.17, 15) is 0 Å². The molecule has 66 valence electrons. The molecule has 2 aromatic rings. The summed E-state index contributed by atoms with van der Waals surface area (Å²) in [6, 6.07) is 4.29. The molecule has 13 heavy (non-hydrogen) atoms. The highest BCUT2D eigenvalue weighted by molar-refractivity contribution is 5.90. The Hall–Kier alpha value is -1.48. The number of hydrogen-bond acceptors (Lipinski definition) is 2. The molecule has 0 saturated carbocycles. The van der Waals surface area contributed by atoms with Gasteiger partial charge in [-0.05, 0) is 17.0 Å². The molecule has 3 N–H and O–H groups in total. The van der Waals surface area contributed by atoms with E-state index in [1.807, 2.05) is 6.20 Å². The third kappa shape index (κ3) is 0.939. The Labute approximate surface area is 76.1 Å². The lowest BCUT2D eigenvalue weighted by Crippen LogP contribution is -2.27. The van der Waals surface area contributed by atoms with Gasteiger partial charge < -0.3 is 10.3 Å². The van der Waals surface area contributed by atoms with Crippen molar-refractivity contribution >= 4 is 16.5 Å². The maximum atomic E-state index is 3.32. The van der Waals surface area contributed by atoms with Gasteiger partial charge in [-0.3, -0.25) is 5.32 Å². The molecule has 0 saturated heterocycles. The number of rotatable bonds is 0. The number of benzene rings is 1. The zero-order valence-corrected chi connectivity index (χ0v) is 7.22. The lowest BCUT2D eigenvalue weighted by molar-refractivity contribution is 0.714. The summed E-state index contributed by atoms with van der Waals surface area (Å²) < 4.78 is 0. The van der Waals surface area contributed by atoms with Gasteiger partial charge in [0.25, 0.3) is 0 Å². The third-order valence-electron chi connectivity index (χ3n) is 2.56. The number of anilines is 1. The zero-order valence-electron chi connectivity index (χ0n) is 7.22. The molecule has 3 heteroatoms. The number of H-pyrrole nitrogens is 1. The van der Waals surface area contributed by atoms with Crippen molar-refractivity contribution in [3.05, 3.63) is 30.1 Å². The van der Waals surface area contributed by atoms with Gasteiger partial charge in [0, 0.05) is 30.0 Å². The minimum atomic E-state index is 0.864. The molecule has 0 fully saturated rings. The average molecular weight is 173 g/mol. The summed E-state index contributed by atoms with van der Waals surface area (Å²) in [5, 5.41) is 9.22. The number of fused-ring (bicyclic) bond motifs is 3. The molecule has 3 nitrogen and oxygen atoms in total. The van der Waals surface area contributed by atoms with Crippen LogP contribution in [0.25, 0.3) is 10.8 Å². The van der Waals surface area contributed by atoms with E-state index in [0.29, 0.717) is 0 Å². The normalized spacial score (nSPS) is 15.4. The second kappa shape index (κ2) is 2.50. The van der Waals surface area contributed by atoms with E-state index in [2.05, 4.69) is 33.9 Å². The Balaban J connectivity index is 2.34. The van der Waals surface area contributed by atoms with Crippen LogP contribution in [0.15, 0.2) is 24.5 Å². The number of hydrogen-bond donors (Lipinski definition) is 3. The van der Waals surface area contributed by atoms with Crippen molar-refractivity contribution in [3.63, 3.8) is 0 Å². The average Bonchev–Trinajstić information content (AvgIpc) is 2.65. The van der Waals surface area contributed by atoms with Crippen LogP contribution in [-0.4, -0.2) is 11.7 Å². The van der Waals surface area contributed by atoms with Gasteiger partial charge in [0.1, 0.15) is 0 Å². The second-order valence-electron chi connectivity index (χ2n) is 3.33. The van der Waals surface area contributed by atoms with Crippen molar-refractivity contribution < 1.29 is 0 Å². The summed E-state index contributed by atoms with van der Waals surface area (Å²) in [5.41, 5.74) is 2.62. The largest absolute Gasteiger partial charge is 0.372 e. The molecule has 2 heterocycles. The first-order valence-electron chi connectivity index (χ1n) is 4.48. The van der Waals surface area contributed by atoms with E-state index < -0.39 is 0 Å². The molecular formula is C10H11N3. The first kappa shape index (κ1) is 6.97. The van der Waals surface area contributed by atoms with Crippen molar-refractivity contribution in [1.82, 2.24) is 10.3 Å². The lowest BCUT2D eigenvalue weighted by Gasteiger charge is -2.19. The van der Waals surface area contributed by atoms with E-state index in [-0.39, 0.29) is 0 Å². The zero-order chi connectivity index (χ0) is 8.67. The molecule has 1 aliphatic rings. The molecule has 0 unspecified atom stereocenters. The topological polar surface area (TPSA) is 39.9 Å². The molecule has 0 spiro atoms. The first-order chi connectivity index (χ1) is 6.45. The first-order valence-corrected chi connectivity index (χ1v) is 4.48. The third-order valence-corrected chi connectivity index (χ3v) is 2.56. The molecule has 1 aromatic heterocycles. The van der Waals surface area contributed by atoms with Crippen LogP contribution in [-0.2, 0) is 6.54 Å². The van der Waals surface area contributed by atoms with Gasteiger partial charge >= 0.3 is 0 Å². The summed E-state index contributed by atoms with van der Waals surface area (Å²) >= 11 is 0. The molecule has 0 atom stereocenters. The molecule has 1 aromatic carbocycles. The fraction of sp³-hybridized carbons (Fsp3) is 0.200. The molecule has 0 radical (unpaired) electrons. The highest BCUT2D eigenvalue weighted by Crippen LogP contribution is 2.27. The monoisotopic (exact) mass is 173 g/mol. The number of nitrogens with one attached hydrogen (secondary N) is 3. The standard InChI is InChI=1S/C10H11N3/c1-2-10-9(5-12-6-13-10)8-4-11-3-7(1)8/h1-4,11-13H,5-6H2. The van der Waals surface area contributed by atoms with Gasteiger partial charge in [0.15, 0.2) is 0 Å².